The molecule has 248 valence electrons. The van der Waals surface area contributed by atoms with Gasteiger partial charge in [-0.1, -0.05) is 158 Å². The highest BCUT2D eigenvalue weighted by atomic mass is 127. The van der Waals surface area contributed by atoms with Crippen molar-refractivity contribution in [2.24, 2.45) is 0 Å². The van der Waals surface area contributed by atoms with Crippen LogP contribution in [0.5, 0.6) is 0 Å². The first-order valence-corrected chi connectivity index (χ1v) is 18.6. The zero-order valence-electron chi connectivity index (χ0n) is 27.3. The average molecular weight is 886 g/mol. The summed E-state index contributed by atoms with van der Waals surface area (Å²) in [5.41, 5.74) is 13.6. The summed E-state index contributed by atoms with van der Waals surface area (Å²) in [6.07, 6.45) is 0. The quantitative estimate of drug-likeness (QED) is 0.134. The Morgan fingerprint density at radius 1 is 0.490 bits per heavy atom. The van der Waals surface area contributed by atoms with E-state index >= 15 is 0 Å². The maximum absolute atomic E-state index is 9.30. The standard InChI is InChI=1S/C21H17Br.C15H15BO2.C6H4BrI.CH4/c1-21(2)19-6-4-3-5-17(19)18-12-9-15(13-20(18)21)14-7-10-16(22)11-8-14;1-15(2)13-6-4-3-5-11(13)12-8-7-10(16(17)18)9-14(12)15;7-5-1-3-6(8)4-2-5;/h3-13H,1-2H3;3-9,17-18H,1-2H3;1-4H;1H4. The molecule has 6 aromatic carbocycles. The van der Waals surface area contributed by atoms with E-state index in [9.17, 15) is 10.0 Å². The largest absolute Gasteiger partial charge is 0.488 e. The van der Waals surface area contributed by atoms with E-state index in [0.29, 0.717) is 5.46 Å². The van der Waals surface area contributed by atoms with Gasteiger partial charge in [-0.2, -0.15) is 0 Å². The third-order valence-corrected chi connectivity index (χ3v) is 11.2. The molecular weight excluding hydrogens is 846 g/mol. The second-order valence-corrected chi connectivity index (χ2v) is 16.3. The SMILES string of the molecule is Brc1ccc(I)cc1.C.CC1(C)c2ccccc2-c2ccc(-c3ccc(Br)cc3)cc21.CC1(C)c2ccccc2-c2ccc(B(O)O)cc21. The predicted octanol–water partition coefficient (Wildman–Crippen LogP) is 11.8. The lowest BCUT2D eigenvalue weighted by Crippen LogP contribution is -2.31. The molecule has 0 atom stereocenters. The first-order valence-electron chi connectivity index (χ1n) is 15.9. The van der Waals surface area contributed by atoms with Crippen molar-refractivity contribution in [3.8, 4) is 33.4 Å². The van der Waals surface area contributed by atoms with E-state index < -0.39 is 7.12 Å². The van der Waals surface area contributed by atoms with Crippen molar-refractivity contribution in [3.05, 3.63) is 168 Å². The zero-order chi connectivity index (χ0) is 34.2. The van der Waals surface area contributed by atoms with Crippen LogP contribution < -0.4 is 5.46 Å². The Labute approximate surface area is 322 Å². The van der Waals surface area contributed by atoms with Crippen molar-refractivity contribution >= 4 is 67.0 Å². The Morgan fingerprint density at radius 3 is 1.39 bits per heavy atom. The summed E-state index contributed by atoms with van der Waals surface area (Å²) < 4.78 is 3.52. The summed E-state index contributed by atoms with van der Waals surface area (Å²) in [6, 6.07) is 46.4. The number of hydrogen-bond donors (Lipinski definition) is 2. The highest BCUT2D eigenvalue weighted by molar-refractivity contribution is 14.1. The number of fused-ring (bicyclic) bond motifs is 6. The molecule has 0 fully saturated rings. The smallest absolute Gasteiger partial charge is 0.423 e. The third-order valence-electron chi connectivity index (χ3n) is 9.47. The molecule has 8 rings (SSSR count). The molecule has 6 aromatic rings. The second-order valence-electron chi connectivity index (χ2n) is 13.2. The molecule has 0 amide bonds. The van der Waals surface area contributed by atoms with Gasteiger partial charge in [0.2, 0.25) is 0 Å². The van der Waals surface area contributed by atoms with E-state index in [4.69, 9.17) is 0 Å². The molecule has 0 bridgehead atoms. The lowest BCUT2D eigenvalue weighted by Gasteiger charge is -2.22. The van der Waals surface area contributed by atoms with Crippen molar-refractivity contribution in [1.29, 1.82) is 0 Å². The molecule has 0 radical (unpaired) electrons. The van der Waals surface area contributed by atoms with Gasteiger partial charge in [0.15, 0.2) is 0 Å². The van der Waals surface area contributed by atoms with Crippen LogP contribution in [-0.2, 0) is 10.8 Å². The summed E-state index contributed by atoms with van der Waals surface area (Å²) in [6.45, 7) is 8.99. The number of hydrogen-bond acceptors (Lipinski definition) is 2. The van der Waals surface area contributed by atoms with Crippen LogP contribution in [0.15, 0.2) is 142 Å². The summed E-state index contributed by atoms with van der Waals surface area (Å²) >= 11 is 9.12. The first kappa shape index (κ1) is 37.3. The molecule has 0 spiro atoms. The van der Waals surface area contributed by atoms with E-state index in [1.54, 1.807) is 6.07 Å². The molecule has 0 heterocycles. The van der Waals surface area contributed by atoms with Gasteiger partial charge in [-0.05, 0) is 126 Å². The molecule has 0 unspecified atom stereocenters. The van der Waals surface area contributed by atoms with Crippen LogP contribution in [0.25, 0.3) is 33.4 Å². The maximum atomic E-state index is 9.30. The van der Waals surface area contributed by atoms with Crippen molar-refractivity contribution in [3.63, 3.8) is 0 Å². The summed E-state index contributed by atoms with van der Waals surface area (Å²) in [7, 11) is -1.41. The van der Waals surface area contributed by atoms with Crippen LogP contribution in [0.1, 0.15) is 57.4 Å². The highest BCUT2D eigenvalue weighted by Gasteiger charge is 2.36. The van der Waals surface area contributed by atoms with Crippen molar-refractivity contribution in [1.82, 2.24) is 0 Å². The molecule has 0 saturated heterocycles. The Hall–Kier alpha value is -3.01. The molecule has 2 aliphatic rings. The number of halogens is 3. The van der Waals surface area contributed by atoms with Gasteiger partial charge in [0.25, 0.3) is 0 Å². The fourth-order valence-electron chi connectivity index (χ4n) is 6.84. The van der Waals surface area contributed by atoms with Gasteiger partial charge in [-0.25, -0.2) is 0 Å². The van der Waals surface area contributed by atoms with Gasteiger partial charge in [-0.3, -0.25) is 0 Å². The number of rotatable bonds is 2. The van der Waals surface area contributed by atoms with E-state index in [1.165, 1.54) is 53.6 Å². The van der Waals surface area contributed by atoms with Crippen LogP contribution in [0.2, 0.25) is 0 Å². The molecule has 2 nitrogen and oxygen atoms in total. The number of benzene rings is 6. The van der Waals surface area contributed by atoms with Crippen molar-refractivity contribution in [2.75, 3.05) is 0 Å². The fourth-order valence-corrected chi connectivity index (χ4v) is 7.73. The van der Waals surface area contributed by atoms with Gasteiger partial charge in [0, 0.05) is 23.3 Å². The molecular formula is C43H40BBr2IO2. The minimum Gasteiger partial charge on any atom is -0.423 e. The second kappa shape index (κ2) is 15.1. The topological polar surface area (TPSA) is 40.5 Å². The van der Waals surface area contributed by atoms with Crippen LogP contribution in [0.4, 0.5) is 0 Å². The molecule has 2 aliphatic carbocycles. The van der Waals surface area contributed by atoms with Gasteiger partial charge in [0.05, 0.1) is 0 Å². The fraction of sp³-hybridized carbons (Fsp3) is 0.163. The van der Waals surface area contributed by atoms with E-state index in [1.807, 2.05) is 36.4 Å². The zero-order valence-corrected chi connectivity index (χ0v) is 32.6. The van der Waals surface area contributed by atoms with Crippen LogP contribution in [-0.4, -0.2) is 17.2 Å². The summed E-state index contributed by atoms with van der Waals surface area (Å²) in [5, 5.41) is 18.6. The Kier molecular flexibility index (Phi) is 11.5. The van der Waals surface area contributed by atoms with E-state index in [-0.39, 0.29) is 18.3 Å². The van der Waals surface area contributed by atoms with Crippen molar-refractivity contribution in [2.45, 2.75) is 46.0 Å². The van der Waals surface area contributed by atoms with Crippen LogP contribution in [0.3, 0.4) is 0 Å². The predicted molar refractivity (Wildman–Crippen MR) is 225 cm³/mol. The van der Waals surface area contributed by atoms with Gasteiger partial charge in [0.1, 0.15) is 0 Å². The first-order chi connectivity index (χ1) is 22.9. The molecule has 0 aliphatic heterocycles. The highest BCUT2D eigenvalue weighted by Crippen LogP contribution is 2.50. The van der Waals surface area contributed by atoms with Crippen LogP contribution >= 0.6 is 54.5 Å². The lowest BCUT2D eigenvalue weighted by atomic mass is 9.75. The minimum absolute atomic E-state index is 0. The Balaban J connectivity index is 0.000000156. The lowest BCUT2D eigenvalue weighted by molar-refractivity contribution is 0.425. The Morgan fingerprint density at radius 2 is 0.898 bits per heavy atom. The molecule has 0 saturated carbocycles. The minimum atomic E-state index is -1.41. The van der Waals surface area contributed by atoms with Gasteiger partial charge < -0.3 is 10.0 Å². The monoisotopic (exact) mass is 884 g/mol. The molecule has 49 heavy (non-hydrogen) atoms. The normalized spacial score (nSPS) is 13.6. The van der Waals surface area contributed by atoms with Crippen molar-refractivity contribution < 1.29 is 10.0 Å². The molecule has 0 aromatic heterocycles. The summed E-state index contributed by atoms with van der Waals surface area (Å²) in [5.74, 6) is 0. The molecule has 6 heteroatoms. The third kappa shape index (κ3) is 7.55. The van der Waals surface area contributed by atoms with Crippen LogP contribution in [0, 0.1) is 3.57 Å². The van der Waals surface area contributed by atoms with E-state index in [2.05, 4.69) is 173 Å². The van der Waals surface area contributed by atoms with Gasteiger partial charge in [-0.15, -0.1) is 0 Å². The molecule has 2 N–H and O–H groups in total. The Bertz CT molecular complexity index is 2070. The maximum Gasteiger partial charge on any atom is 0.488 e. The average Bonchev–Trinajstić information content (AvgIpc) is 3.46. The van der Waals surface area contributed by atoms with E-state index in [0.717, 1.165) is 14.5 Å². The summed E-state index contributed by atoms with van der Waals surface area (Å²) in [4.78, 5) is 0. The van der Waals surface area contributed by atoms with Gasteiger partial charge >= 0.3 is 7.12 Å².